The first-order valence-corrected chi connectivity index (χ1v) is 6.45. The molecule has 1 atom stereocenters. The molecule has 2 heterocycles. The second-order valence-electron chi connectivity index (χ2n) is 3.90. The number of nitrogens with zero attached hydrogens (tertiary/aromatic N) is 2. The van der Waals surface area contributed by atoms with E-state index >= 15 is 0 Å². The predicted octanol–water partition coefficient (Wildman–Crippen LogP) is 2.76. The lowest BCUT2D eigenvalue weighted by molar-refractivity contribution is 0.518. The van der Waals surface area contributed by atoms with Gasteiger partial charge < -0.3 is 9.73 Å². The van der Waals surface area contributed by atoms with E-state index in [0.29, 0.717) is 0 Å². The molecule has 2 aromatic rings. The van der Waals surface area contributed by atoms with E-state index < -0.39 is 0 Å². The summed E-state index contributed by atoms with van der Waals surface area (Å²) < 4.78 is 8.00. The maximum absolute atomic E-state index is 5.27. The average Bonchev–Trinajstić information content (AvgIpc) is 2.95. The Hall–Kier alpha value is -1.07. The van der Waals surface area contributed by atoms with Crippen LogP contribution in [0.1, 0.15) is 24.1 Å². The van der Waals surface area contributed by atoms with Crippen LogP contribution in [0, 0.1) is 0 Å². The van der Waals surface area contributed by atoms with Crippen LogP contribution in [0.25, 0.3) is 0 Å². The Morgan fingerprint density at radius 1 is 1.59 bits per heavy atom. The molecule has 0 bridgehead atoms. The van der Waals surface area contributed by atoms with Crippen molar-refractivity contribution in [3.8, 4) is 0 Å². The van der Waals surface area contributed by atoms with Crippen molar-refractivity contribution < 1.29 is 4.42 Å². The molecule has 0 saturated heterocycles. The lowest BCUT2D eigenvalue weighted by atomic mass is 10.0. The van der Waals surface area contributed by atoms with Gasteiger partial charge in [0.2, 0.25) is 0 Å². The molecule has 1 unspecified atom stereocenters. The van der Waals surface area contributed by atoms with Crippen molar-refractivity contribution in [2.75, 3.05) is 7.05 Å². The van der Waals surface area contributed by atoms with Crippen LogP contribution in [-0.4, -0.2) is 16.8 Å². The van der Waals surface area contributed by atoms with Gasteiger partial charge in [0.25, 0.3) is 0 Å². The third-order valence-electron chi connectivity index (χ3n) is 2.82. The van der Waals surface area contributed by atoms with Crippen LogP contribution in [0.5, 0.6) is 0 Å². The van der Waals surface area contributed by atoms with Gasteiger partial charge in [-0.3, -0.25) is 4.68 Å². The van der Waals surface area contributed by atoms with Gasteiger partial charge in [-0.25, -0.2) is 0 Å². The lowest BCUT2D eigenvalue weighted by Gasteiger charge is -2.13. The Labute approximate surface area is 109 Å². The number of rotatable bonds is 5. The predicted molar refractivity (Wildman–Crippen MR) is 69.8 cm³/mol. The zero-order valence-corrected chi connectivity index (χ0v) is 11.6. The van der Waals surface area contributed by atoms with Gasteiger partial charge in [-0.05, 0) is 48.0 Å². The van der Waals surface area contributed by atoms with Crippen molar-refractivity contribution in [2.45, 2.75) is 25.9 Å². The fourth-order valence-corrected chi connectivity index (χ4v) is 2.36. The molecule has 2 aromatic heterocycles. The number of likely N-dealkylation sites (N-methyl/N-ethyl adjacent to an activating group) is 1. The molecule has 5 heteroatoms. The van der Waals surface area contributed by atoms with Gasteiger partial charge >= 0.3 is 0 Å². The standard InChI is InChI=1S/C12H16BrN3O/c1-3-16-8-9(7-15-16)6-11(14-2)10-4-5-17-12(10)13/h4-5,7-8,11,14H,3,6H2,1-2H3. The summed E-state index contributed by atoms with van der Waals surface area (Å²) in [5.74, 6) is 0. The minimum absolute atomic E-state index is 0.234. The molecule has 0 aliphatic heterocycles. The number of nitrogens with one attached hydrogen (secondary N) is 1. The van der Waals surface area contributed by atoms with E-state index in [1.807, 2.05) is 24.0 Å². The summed E-state index contributed by atoms with van der Waals surface area (Å²) in [4.78, 5) is 0. The maximum atomic E-state index is 5.27. The van der Waals surface area contributed by atoms with Crippen LogP contribution in [0.4, 0.5) is 0 Å². The summed E-state index contributed by atoms with van der Waals surface area (Å²) in [6.45, 7) is 2.98. The largest absolute Gasteiger partial charge is 0.457 e. The highest BCUT2D eigenvalue weighted by Gasteiger charge is 2.16. The van der Waals surface area contributed by atoms with Gasteiger partial charge in [-0.2, -0.15) is 5.10 Å². The minimum Gasteiger partial charge on any atom is -0.457 e. The van der Waals surface area contributed by atoms with Crippen LogP contribution in [-0.2, 0) is 13.0 Å². The van der Waals surface area contributed by atoms with Crippen molar-refractivity contribution in [3.63, 3.8) is 0 Å². The molecule has 1 N–H and O–H groups in total. The highest BCUT2D eigenvalue weighted by Crippen LogP contribution is 2.26. The van der Waals surface area contributed by atoms with Gasteiger partial charge in [0.15, 0.2) is 4.67 Å². The van der Waals surface area contributed by atoms with Gasteiger partial charge in [0.1, 0.15) is 0 Å². The maximum Gasteiger partial charge on any atom is 0.173 e. The quantitative estimate of drug-likeness (QED) is 0.923. The summed E-state index contributed by atoms with van der Waals surface area (Å²) in [7, 11) is 1.95. The number of halogens is 1. The SMILES string of the molecule is CCn1cc(CC(NC)c2ccoc2Br)cn1. The fourth-order valence-electron chi connectivity index (χ4n) is 1.84. The number of hydrogen-bond acceptors (Lipinski definition) is 3. The summed E-state index contributed by atoms with van der Waals surface area (Å²) in [6, 6.07) is 2.22. The lowest BCUT2D eigenvalue weighted by Crippen LogP contribution is -2.18. The number of aryl methyl sites for hydroxylation is 1. The van der Waals surface area contributed by atoms with E-state index in [9.17, 15) is 0 Å². The molecule has 4 nitrogen and oxygen atoms in total. The van der Waals surface area contributed by atoms with Crippen molar-refractivity contribution in [1.29, 1.82) is 0 Å². The van der Waals surface area contributed by atoms with Gasteiger partial charge in [-0.15, -0.1) is 0 Å². The molecule has 0 radical (unpaired) electrons. The Kier molecular flexibility index (Phi) is 4.02. The molecule has 0 aliphatic carbocycles. The third kappa shape index (κ3) is 2.79. The first-order valence-electron chi connectivity index (χ1n) is 5.66. The zero-order valence-electron chi connectivity index (χ0n) is 9.98. The molecule has 0 saturated carbocycles. The molecule has 0 amide bonds. The summed E-state index contributed by atoms with van der Waals surface area (Å²) >= 11 is 3.41. The molecule has 0 fully saturated rings. The normalized spacial score (nSPS) is 12.9. The van der Waals surface area contributed by atoms with Gasteiger partial charge in [0.05, 0.1) is 12.5 Å². The Balaban J connectivity index is 2.12. The van der Waals surface area contributed by atoms with Crippen LogP contribution >= 0.6 is 15.9 Å². The summed E-state index contributed by atoms with van der Waals surface area (Å²) in [5.41, 5.74) is 2.36. The molecule has 0 aliphatic rings. The zero-order chi connectivity index (χ0) is 12.3. The highest BCUT2D eigenvalue weighted by atomic mass is 79.9. The Morgan fingerprint density at radius 3 is 2.94 bits per heavy atom. The van der Waals surface area contributed by atoms with E-state index in [-0.39, 0.29) is 6.04 Å². The first-order chi connectivity index (χ1) is 8.24. The number of furan rings is 1. The topological polar surface area (TPSA) is 43.0 Å². The second-order valence-corrected chi connectivity index (χ2v) is 4.62. The minimum atomic E-state index is 0.234. The molecule has 17 heavy (non-hydrogen) atoms. The molecule has 0 spiro atoms. The third-order valence-corrected chi connectivity index (χ3v) is 3.47. The van der Waals surface area contributed by atoms with E-state index in [1.54, 1.807) is 6.26 Å². The van der Waals surface area contributed by atoms with E-state index in [0.717, 1.165) is 23.2 Å². The smallest absolute Gasteiger partial charge is 0.173 e. The first kappa shape index (κ1) is 12.4. The second kappa shape index (κ2) is 5.51. The van der Waals surface area contributed by atoms with Crippen LogP contribution in [0.2, 0.25) is 0 Å². The van der Waals surface area contributed by atoms with Crippen molar-refractivity contribution in [3.05, 3.63) is 40.5 Å². The summed E-state index contributed by atoms with van der Waals surface area (Å²) in [5, 5.41) is 7.57. The average molecular weight is 298 g/mol. The Bertz CT molecular complexity index is 478. The van der Waals surface area contributed by atoms with Crippen LogP contribution < -0.4 is 5.32 Å². The summed E-state index contributed by atoms with van der Waals surface area (Å²) in [6.07, 6.45) is 6.59. The van der Waals surface area contributed by atoms with Gasteiger partial charge in [0, 0.05) is 24.3 Å². The van der Waals surface area contributed by atoms with Crippen molar-refractivity contribution >= 4 is 15.9 Å². The highest BCUT2D eigenvalue weighted by molar-refractivity contribution is 9.10. The van der Waals surface area contributed by atoms with Crippen LogP contribution in [0.3, 0.4) is 0 Å². The number of hydrogen-bond donors (Lipinski definition) is 1. The van der Waals surface area contributed by atoms with Gasteiger partial charge in [-0.1, -0.05) is 0 Å². The number of aromatic nitrogens is 2. The van der Waals surface area contributed by atoms with Crippen molar-refractivity contribution in [2.24, 2.45) is 0 Å². The molecular formula is C12H16BrN3O. The molecule has 2 rings (SSSR count). The molecular weight excluding hydrogens is 282 g/mol. The van der Waals surface area contributed by atoms with Crippen LogP contribution in [0.15, 0.2) is 33.8 Å². The van der Waals surface area contributed by atoms with E-state index in [2.05, 4.69) is 39.5 Å². The fraction of sp³-hybridized carbons (Fsp3) is 0.417. The molecule has 92 valence electrons. The Morgan fingerprint density at radius 2 is 2.41 bits per heavy atom. The monoisotopic (exact) mass is 297 g/mol. The van der Waals surface area contributed by atoms with Crippen molar-refractivity contribution in [1.82, 2.24) is 15.1 Å². The van der Waals surface area contributed by atoms with E-state index in [4.69, 9.17) is 4.42 Å². The molecule has 0 aromatic carbocycles. The van der Waals surface area contributed by atoms with E-state index in [1.165, 1.54) is 5.56 Å².